The van der Waals surface area contributed by atoms with Crippen LogP contribution in [0.4, 0.5) is 4.79 Å². The molecule has 0 bridgehead atoms. The molecule has 0 saturated heterocycles. The molecule has 226 valence electrons. The van der Waals surface area contributed by atoms with E-state index >= 15 is 0 Å². The second kappa shape index (κ2) is 12.2. The topological polar surface area (TPSA) is 202 Å². The molecule has 0 spiro atoms. The van der Waals surface area contributed by atoms with Crippen LogP contribution in [0.15, 0.2) is 0 Å². The number of amides is 1. The fourth-order valence-electron chi connectivity index (χ4n) is 9.10. The molecular weight excluding hydrogens is 530 g/mol. The van der Waals surface area contributed by atoms with Gasteiger partial charge in [0.25, 0.3) is 10.1 Å². The quantitative estimate of drug-likeness (QED) is 0.220. The lowest BCUT2D eigenvalue weighted by atomic mass is 9.43. The number of nitrogens with one attached hydrogen (secondary N) is 1. The molecular formula is C27H47NO10S. The van der Waals surface area contributed by atoms with E-state index in [-0.39, 0.29) is 65.4 Å². The van der Waals surface area contributed by atoms with Crippen molar-refractivity contribution in [1.29, 1.82) is 0 Å². The van der Waals surface area contributed by atoms with E-state index in [0.717, 1.165) is 38.5 Å². The summed E-state index contributed by atoms with van der Waals surface area (Å²) in [6, 6.07) is 0. The van der Waals surface area contributed by atoms with Gasteiger partial charge in [-0.15, -0.1) is 0 Å². The van der Waals surface area contributed by atoms with Gasteiger partial charge in [-0.2, -0.15) is 8.42 Å². The van der Waals surface area contributed by atoms with Crippen LogP contribution in [0.2, 0.25) is 0 Å². The molecule has 11 atom stereocenters. The van der Waals surface area contributed by atoms with Crippen LogP contribution in [-0.4, -0.2) is 81.2 Å². The highest BCUT2D eigenvalue weighted by Gasteiger charge is 2.65. The molecule has 4 fully saturated rings. The molecule has 0 unspecified atom stereocenters. The molecule has 11 nitrogen and oxygen atoms in total. The Kier molecular flexibility index (Phi) is 10.0. The van der Waals surface area contributed by atoms with E-state index in [1.165, 1.54) is 0 Å². The van der Waals surface area contributed by atoms with Crippen molar-refractivity contribution in [3.05, 3.63) is 0 Å². The second-order valence-electron chi connectivity index (χ2n) is 13.0. The third-order valence-corrected chi connectivity index (χ3v) is 11.7. The van der Waals surface area contributed by atoms with Crippen molar-refractivity contribution in [2.24, 2.45) is 46.3 Å². The van der Waals surface area contributed by atoms with Crippen molar-refractivity contribution >= 4 is 22.2 Å². The van der Waals surface area contributed by atoms with E-state index in [1.54, 1.807) is 0 Å². The van der Waals surface area contributed by atoms with Gasteiger partial charge in [-0.1, -0.05) is 20.8 Å². The molecule has 4 rings (SSSR count). The Hall–Kier alpha value is -1.47. The predicted octanol–water partition coefficient (Wildman–Crippen LogP) is 2.59. The highest BCUT2D eigenvalue weighted by molar-refractivity contribution is 7.85. The summed E-state index contributed by atoms with van der Waals surface area (Å²) in [4.78, 5) is 20.8. The zero-order chi connectivity index (χ0) is 29.3. The summed E-state index contributed by atoms with van der Waals surface area (Å²) >= 11 is 0. The summed E-state index contributed by atoms with van der Waals surface area (Å²) in [5.74, 6) is 0.705. The predicted molar refractivity (Wildman–Crippen MR) is 142 cm³/mol. The maximum absolute atomic E-state index is 12.2. The number of carboxylic acid groups (broad SMARTS) is 2. The number of carbonyl (C=O) groups excluding carboxylic acids is 1. The lowest BCUT2D eigenvalue weighted by Gasteiger charge is -2.63. The zero-order valence-corrected chi connectivity index (χ0v) is 24.0. The molecule has 7 N–H and O–H groups in total. The Morgan fingerprint density at radius 2 is 1.64 bits per heavy atom. The molecule has 0 heterocycles. The van der Waals surface area contributed by atoms with Crippen molar-refractivity contribution in [2.75, 3.05) is 12.3 Å². The lowest BCUT2D eigenvalue weighted by Crippen LogP contribution is -2.62. The summed E-state index contributed by atoms with van der Waals surface area (Å²) in [5.41, 5.74) is -0.254. The van der Waals surface area contributed by atoms with Crippen LogP contribution >= 0.6 is 0 Å². The second-order valence-corrected chi connectivity index (χ2v) is 14.5. The SMILES string of the molecule is C[C@H](CCC(=O)NCCS(=O)(=O)O)[C@H]1CC[C@H]2[C@@H]3[C@H](O)C[C@@H]4C[C@H](O)CC[C@]4(C)[C@H]3C[C@H](O)[C@]12C.O=C(O)O. The molecule has 4 aliphatic rings. The molecule has 4 aliphatic carbocycles. The Bertz CT molecular complexity index is 987. The van der Waals surface area contributed by atoms with E-state index in [9.17, 15) is 28.5 Å². The molecule has 39 heavy (non-hydrogen) atoms. The average molecular weight is 578 g/mol. The summed E-state index contributed by atoms with van der Waals surface area (Å²) in [5, 5.41) is 49.7. The number of aliphatic hydroxyl groups excluding tert-OH is 3. The molecule has 0 aromatic heterocycles. The first-order valence-electron chi connectivity index (χ1n) is 14.2. The van der Waals surface area contributed by atoms with Crippen molar-refractivity contribution in [3.8, 4) is 0 Å². The molecule has 12 heteroatoms. The first-order chi connectivity index (χ1) is 18.0. The summed E-state index contributed by atoms with van der Waals surface area (Å²) in [6.45, 7) is 6.56. The fraction of sp³-hybridized carbons (Fsp3) is 0.926. The first-order valence-corrected chi connectivity index (χ1v) is 15.8. The zero-order valence-electron chi connectivity index (χ0n) is 23.2. The Morgan fingerprint density at radius 3 is 2.26 bits per heavy atom. The number of carbonyl (C=O) groups is 2. The Morgan fingerprint density at radius 1 is 1.00 bits per heavy atom. The first kappa shape index (κ1) is 32.0. The summed E-state index contributed by atoms with van der Waals surface area (Å²) in [6.07, 6.45) is 3.83. The maximum atomic E-state index is 12.2. The number of hydrogen-bond acceptors (Lipinski definition) is 7. The molecule has 0 radical (unpaired) electrons. The van der Waals surface area contributed by atoms with Crippen LogP contribution in [0.5, 0.6) is 0 Å². The Balaban J connectivity index is 0.000000983. The van der Waals surface area contributed by atoms with Crippen LogP contribution in [0.1, 0.15) is 78.6 Å². The van der Waals surface area contributed by atoms with Crippen LogP contribution < -0.4 is 5.32 Å². The third-order valence-electron chi connectivity index (χ3n) is 11.0. The fourth-order valence-corrected chi connectivity index (χ4v) is 9.46. The normalized spacial score (nSPS) is 42.1. The van der Waals surface area contributed by atoms with Gasteiger partial charge in [-0.25, -0.2) is 4.79 Å². The minimum atomic E-state index is -4.10. The van der Waals surface area contributed by atoms with Crippen LogP contribution in [-0.2, 0) is 14.9 Å². The van der Waals surface area contributed by atoms with Gasteiger partial charge in [-0.05, 0) is 97.7 Å². The van der Waals surface area contributed by atoms with Gasteiger partial charge in [-0.3, -0.25) is 9.35 Å². The van der Waals surface area contributed by atoms with Gasteiger partial charge < -0.3 is 30.8 Å². The maximum Gasteiger partial charge on any atom is 0.503 e. The lowest BCUT2D eigenvalue weighted by molar-refractivity contribution is -0.207. The van der Waals surface area contributed by atoms with Gasteiger partial charge in [0.15, 0.2) is 0 Å². The van der Waals surface area contributed by atoms with E-state index in [4.69, 9.17) is 19.6 Å². The van der Waals surface area contributed by atoms with E-state index < -0.39 is 34.2 Å². The highest BCUT2D eigenvalue weighted by atomic mass is 32.2. The largest absolute Gasteiger partial charge is 0.503 e. The van der Waals surface area contributed by atoms with Crippen molar-refractivity contribution in [2.45, 2.75) is 96.9 Å². The Labute approximate surface area is 231 Å². The number of fused-ring (bicyclic) bond motifs is 5. The standard InChI is InChI=1S/C26H45NO7S.CH2O3/c1-15(4-7-23(31)27-10-11-35(32,33)34)18-5-6-19-24-20(14-22(30)26(18,19)3)25(2)9-8-17(28)12-16(25)13-21(24)29;2-1(3)4/h15-22,24,28-30H,4-14H2,1-3H3,(H,27,31)(H,32,33,34);(H2,2,3,4)/t15-,16+,17-,18-,19+,20+,21-,22+,24+,25+,26-;/m1./s1. The van der Waals surface area contributed by atoms with Gasteiger partial charge in [0.05, 0.1) is 24.1 Å². The average Bonchev–Trinajstić information content (AvgIpc) is 3.16. The molecule has 4 saturated carbocycles. The molecule has 0 aromatic rings. The smallest absolute Gasteiger partial charge is 0.450 e. The van der Waals surface area contributed by atoms with Crippen molar-refractivity contribution in [3.63, 3.8) is 0 Å². The highest BCUT2D eigenvalue weighted by Crippen LogP contribution is 2.68. The summed E-state index contributed by atoms with van der Waals surface area (Å²) < 4.78 is 30.5. The van der Waals surface area contributed by atoms with Crippen LogP contribution in [0.3, 0.4) is 0 Å². The monoisotopic (exact) mass is 577 g/mol. The number of aliphatic hydroxyl groups is 3. The van der Waals surface area contributed by atoms with Crippen LogP contribution in [0, 0.1) is 46.3 Å². The molecule has 1 amide bonds. The molecule has 0 aliphatic heterocycles. The van der Waals surface area contributed by atoms with Crippen LogP contribution in [0.25, 0.3) is 0 Å². The number of hydrogen-bond donors (Lipinski definition) is 7. The van der Waals surface area contributed by atoms with Gasteiger partial charge in [0.1, 0.15) is 0 Å². The third kappa shape index (κ3) is 6.89. The van der Waals surface area contributed by atoms with Crippen molar-refractivity contribution in [1.82, 2.24) is 5.32 Å². The van der Waals surface area contributed by atoms with E-state index in [0.29, 0.717) is 18.8 Å². The minimum absolute atomic E-state index is 0.0509. The van der Waals surface area contributed by atoms with Gasteiger partial charge in [0, 0.05) is 13.0 Å². The van der Waals surface area contributed by atoms with E-state index in [2.05, 4.69) is 26.1 Å². The molecule has 0 aromatic carbocycles. The van der Waals surface area contributed by atoms with Gasteiger partial charge >= 0.3 is 6.16 Å². The minimum Gasteiger partial charge on any atom is -0.450 e. The van der Waals surface area contributed by atoms with Gasteiger partial charge in [0.2, 0.25) is 5.91 Å². The van der Waals surface area contributed by atoms with Crippen molar-refractivity contribution < 1.29 is 48.1 Å². The summed E-state index contributed by atoms with van der Waals surface area (Å²) in [7, 11) is -4.10. The number of rotatable bonds is 7. The van der Waals surface area contributed by atoms with E-state index in [1.807, 2.05) is 0 Å².